The number of allylic oxidation sites excluding steroid dienone is 1. The minimum atomic E-state index is -1.78. The molecule has 4 fully saturated rings. The maximum absolute atomic E-state index is 14.5. The van der Waals surface area contributed by atoms with E-state index in [-0.39, 0.29) is 25.0 Å². The van der Waals surface area contributed by atoms with E-state index in [2.05, 4.69) is 0 Å². The third-order valence-electron chi connectivity index (χ3n) is 11.6. The van der Waals surface area contributed by atoms with E-state index in [1.807, 2.05) is 0 Å². The van der Waals surface area contributed by atoms with Crippen molar-refractivity contribution in [3.05, 3.63) is 36.3 Å². The van der Waals surface area contributed by atoms with Crippen LogP contribution in [0.2, 0.25) is 0 Å². The maximum Gasteiger partial charge on any atom is 0.335 e. The molecule has 0 aromatic carbocycles. The molecule has 0 amide bonds. The molecule has 13 atom stereocenters. The summed E-state index contributed by atoms with van der Waals surface area (Å²) in [5.74, 6) is -4.32. The van der Waals surface area contributed by atoms with Crippen molar-refractivity contribution in [2.24, 2.45) is 28.1 Å². The fraction of sp³-hybridized carbons (Fsp3) is 0.719. The lowest BCUT2D eigenvalue weighted by Gasteiger charge is -2.64. The van der Waals surface area contributed by atoms with Gasteiger partial charge in [-0.2, -0.15) is 0 Å². The summed E-state index contributed by atoms with van der Waals surface area (Å²) in [7, 11) is 0. The van der Waals surface area contributed by atoms with Crippen LogP contribution in [0.15, 0.2) is 35.2 Å². The molecular weight excluding hydrogens is 608 g/mol. The number of carbonyl (C=O) groups excluding carboxylic acids is 1. The summed E-state index contributed by atoms with van der Waals surface area (Å²) in [5, 5.41) is 72.7. The van der Waals surface area contributed by atoms with Crippen LogP contribution in [0.25, 0.3) is 0 Å². The fourth-order valence-electron chi connectivity index (χ4n) is 9.32. The zero-order valence-electron chi connectivity index (χ0n) is 26.4. The van der Waals surface area contributed by atoms with Crippen molar-refractivity contribution in [2.75, 3.05) is 6.61 Å². The van der Waals surface area contributed by atoms with Gasteiger partial charge in [0.15, 0.2) is 12.4 Å². The van der Waals surface area contributed by atoms with E-state index in [4.69, 9.17) is 18.6 Å². The molecule has 5 rings (SSSR count). The van der Waals surface area contributed by atoms with Crippen LogP contribution in [-0.4, -0.2) is 108 Å². The van der Waals surface area contributed by atoms with Crippen molar-refractivity contribution in [1.29, 1.82) is 0 Å². The van der Waals surface area contributed by atoms with Crippen molar-refractivity contribution in [3.8, 4) is 0 Å². The van der Waals surface area contributed by atoms with E-state index >= 15 is 0 Å². The first-order valence-corrected chi connectivity index (χ1v) is 15.4. The largest absolute Gasteiger partial charge is 0.479 e. The lowest BCUT2D eigenvalue weighted by atomic mass is 9.38. The number of aliphatic hydroxyl groups is 5. The number of ketones is 1. The Labute approximate surface area is 265 Å². The highest BCUT2D eigenvalue weighted by Crippen LogP contribution is 2.76. The Balaban J connectivity index is 1.67. The Hall–Kier alpha value is -2.69. The molecule has 2 saturated carbocycles. The molecule has 2 aliphatic carbocycles. The predicted octanol–water partition coefficient (Wildman–Crippen LogP) is 0.789. The molecule has 4 aliphatic rings. The molecule has 1 aromatic rings. The van der Waals surface area contributed by atoms with Gasteiger partial charge in [-0.25, -0.2) is 9.59 Å². The van der Waals surface area contributed by atoms with Crippen molar-refractivity contribution in [2.45, 2.75) is 108 Å². The monoisotopic (exact) mass is 652 g/mol. The van der Waals surface area contributed by atoms with Crippen LogP contribution < -0.4 is 0 Å². The van der Waals surface area contributed by atoms with Crippen LogP contribution in [0, 0.1) is 28.1 Å². The van der Waals surface area contributed by atoms with Gasteiger partial charge >= 0.3 is 11.9 Å². The molecular formula is C32H44O14. The van der Waals surface area contributed by atoms with Gasteiger partial charge in [0.2, 0.25) is 0 Å². The maximum atomic E-state index is 14.5. The first-order chi connectivity index (χ1) is 21.3. The molecule has 2 unspecified atom stereocenters. The number of aliphatic carboxylic acids is 2. The molecule has 14 nitrogen and oxygen atoms in total. The molecule has 46 heavy (non-hydrogen) atoms. The van der Waals surface area contributed by atoms with Gasteiger partial charge in [-0.15, -0.1) is 0 Å². The topological polar surface area (TPSA) is 237 Å². The second-order valence-electron chi connectivity index (χ2n) is 14.4. The van der Waals surface area contributed by atoms with E-state index in [9.17, 15) is 50.1 Å². The highest BCUT2D eigenvalue weighted by Gasteiger charge is 2.86. The van der Waals surface area contributed by atoms with Gasteiger partial charge in [0.1, 0.15) is 35.8 Å². The fourth-order valence-corrected chi connectivity index (χ4v) is 9.32. The summed E-state index contributed by atoms with van der Waals surface area (Å²) >= 11 is 0. The van der Waals surface area contributed by atoms with Crippen LogP contribution in [0.4, 0.5) is 0 Å². The third-order valence-corrected chi connectivity index (χ3v) is 11.6. The van der Waals surface area contributed by atoms with E-state index in [0.717, 1.165) is 6.08 Å². The van der Waals surface area contributed by atoms with Crippen LogP contribution >= 0.6 is 0 Å². The Morgan fingerprint density at radius 1 is 1.13 bits per heavy atom. The summed E-state index contributed by atoms with van der Waals surface area (Å²) in [4.78, 5) is 39.0. The number of carboxylic acids is 2. The molecule has 1 aromatic heterocycles. The van der Waals surface area contributed by atoms with Crippen molar-refractivity contribution in [3.63, 3.8) is 0 Å². The van der Waals surface area contributed by atoms with Crippen molar-refractivity contribution in [1.82, 2.24) is 0 Å². The Morgan fingerprint density at radius 3 is 2.33 bits per heavy atom. The number of Topliss-reactive ketones (excluding diaryl/α,β-unsaturated/α-hetero) is 1. The molecule has 2 aliphatic heterocycles. The summed E-state index contributed by atoms with van der Waals surface area (Å²) in [6.07, 6.45) is -5.36. The van der Waals surface area contributed by atoms with E-state index in [0.29, 0.717) is 5.56 Å². The van der Waals surface area contributed by atoms with Crippen LogP contribution in [0.5, 0.6) is 0 Å². The standard InChI is InChI=1S/C32H44O14/c1-28(2,42)18-12-19(34)31(5)17(29(18,3)9-7-20(35)36)6-10-30(4,32(31)25(46-32)26(40)41)24(15-8-11-43-14-15)45-27-23(39)22(38)21(37)16(13-33)44-27/h7-9,11,14,16-18,21-25,27,33,37-39,42H,6,10,12-13H2,1-5H3,(H,35,36)(H,40,41)/b9-7+/t16-,17-,18+,21-,22+,23-,24?,25+,27+,29-,30+,31+,32?/m1/s1. The van der Waals surface area contributed by atoms with Crippen LogP contribution in [0.3, 0.4) is 0 Å². The van der Waals surface area contributed by atoms with Gasteiger partial charge in [-0.05, 0) is 51.0 Å². The van der Waals surface area contributed by atoms with Gasteiger partial charge in [-0.1, -0.05) is 19.9 Å². The second-order valence-corrected chi connectivity index (χ2v) is 14.4. The average Bonchev–Trinajstić information content (AvgIpc) is 3.54. The summed E-state index contributed by atoms with van der Waals surface area (Å²) in [6, 6.07) is 1.56. The number of aliphatic hydroxyl groups excluding tert-OH is 4. The molecule has 14 heteroatoms. The molecule has 0 radical (unpaired) electrons. The molecule has 7 N–H and O–H groups in total. The summed E-state index contributed by atoms with van der Waals surface area (Å²) in [6.45, 7) is 7.52. The van der Waals surface area contributed by atoms with Gasteiger partial charge in [0.25, 0.3) is 0 Å². The Kier molecular flexibility index (Phi) is 8.64. The number of carbonyl (C=O) groups is 3. The van der Waals surface area contributed by atoms with E-state index < -0.39 is 101 Å². The number of rotatable bonds is 9. The highest BCUT2D eigenvalue weighted by atomic mass is 16.7. The predicted molar refractivity (Wildman–Crippen MR) is 155 cm³/mol. The summed E-state index contributed by atoms with van der Waals surface area (Å²) in [5.41, 5.74) is -6.80. The Bertz CT molecular complexity index is 1370. The first-order valence-electron chi connectivity index (χ1n) is 15.4. The van der Waals surface area contributed by atoms with Gasteiger partial charge in [0.05, 0.1) is 36.3 Å². The van der Waals surface area contributed by atoms with E-state index in [1.165, 1.54) is 18.6 Å². The van der Waals surface area contributed by atoms with Gasteiger partial charge < -0.3 is 54.4 Å². The number of hydrogen-bond acceptors (Lipinski definition) is 12. The molecule has 3 heterocycles. The second kappa shape index (κ2) is 11.5. The smallest absolute Gasteiger partial charge is 0.335 e. The van der Waals surface area contributed by atoms with Crippen LogP contribution in [-0.2, 0) is 28.6 Å². The molecule has 1 spiro atoms. The number of furan rings is 1. The molecule has 256 valence electrons. The zero-order chi connectivity index (χ0) is 34.2. The number of carboxylic acid groups (broad SMARTS) is 2. The van der Waals surface area contributed by atoms with Crippen LogP contribution in [0.1, 0.15) is 65.5 Å². The number of epoxide rings is 1. The van der Waals surface area contributed by atoms with E-state index in [1.54, 1.807) is 40.7 Å². The van der Waals surface area contributed by atoms with Gasteiger partial charge in [0, 0.05) is 29.4 Å². The third kappa shape index (κ3) is 4.88. The lowest BCUT2D eigenvalue weighted by Crippen LogP contribution is -2.70. The minimum Gasteiger partial charge on any atom is -0.479 e. The van der Waals surface area contributed by atoms with Crippen molar-refractivity contribution < 1.29 is 68.8 Å². The molecule has 0 bridgehead atoms. The first kappa shape index (κ1) is 34.6. The molecule has 2 saturated heterocycles. The Morgan fingerprint density at radius 2 is 1.80 bits per heavy atom. The minimum absolute atomic E-state index is 0.159. The number of fused-ring (bicyclic) bond motifs is 2. The zero-order valence-corrected chi connectivity index (χ0v) is 26.4. The van der Waals surface area contributed by atoms with Crippen molar-refractivity contribution >= 4 is 17.7 Å². The lowest BCUT2D eigenvalue weighted by molar-refractivity contribution is -0.328. The van der Waals surface area contributed by atoms with Gasteiger partial charge in [-0.3, -0.25) is 4.79 Å². The normalized spacial score (nSPS) is 45.0. The summed E-state index contributed by atoms with van der Waals surface area (Å²) < 4.78 is 23.6. The number of ether oxygens (including phenoxy) is 3. The SMILES string of the molecule is CC(C)(O)[C@@H]1CC(=O)[C@]2(C)[C@H](CC[C@@](C)(C(O[C@@H]3O[C@H](CO)[C@@H](O)[C@H](O)[C@H]3O)c3ccoc3)C23O[C@H]3C(=O)O)[C@@]1(C)/C=C/C(=O)O. The average molecular weight is 653 g/mol. The number of hydrogen-bond donors (Lipinski definition) is 7. The quantitative estimate of drug-likeness (QED) is 0.144. The highest BCUT2D eigenvalue weighted by molar-refractivity contribution is 5.92.